The highest BCUT2D eigenvalue weighted by Crippen LogP contribution is 2.34. The van der Waals surface area contributed by atoms with Crippen LogP contribution >= 0.6 is 0 Å². The van der Waals surface area contributed by atoms with Crippen molar-refractivity contribution in [1.82, 2.24) is 0 Å². The molecule has 0 bridgehead atoms. The van der Waals surface area contributed by atoms with Crippen LogP contribution in [0.15, 0.2) is 22.1 Å². The first kappa shape index (κ1) is 19.8. The molecule has 0 amide bonds. The molecule has 0 saturated heterocycles. The molecule has 2 aliphatic rings. The van der Waals surface area contributed by atoms with E-state index in [1.807, 2.05) is 0 Å². The van der Waals surface area contributed by atoms with Gasteiger partial charge in [-0.15, -0.1) is 0 Å². The van der Waals surface area contributed by atoms with Crippen LogP contribution < -0.4 is 0 Å². The van der Waals surface area contributed by atoms with Gasteiger partial charge in [-0.1, -0.05) is 0 Å². The Kier molecular flexibility index (Phi) is 7.93. The highest BCUT2D eigenvalue weighted by molar-refractivity contribution is 5.91. The molecule has 0 aromatic heterocycles. The molecule has 2 saturated carbocycles. The monoisotopic (exact) mass is 362 g/mol. The summed E-state index contributed by atoms with van der Waals surface area (Å²) in [7, 11) is 0. The largest absolute Gasteiger partial charge is 0.459 e. The summed E-state index contributed by atoms with van der Waals surface area (Å²) in [4.78, 5) is 50.6. The Bertz CT molecular complexity index is 580. The topological polar surface area (TPSA) is 111 Å². The first-order valence-electron chi connectivity index (χ1n) is 8.80. The van der Waals surface area contributed by atoms with Crippen LogP contribution in [0.3, 0.4) is 0 Å². The zero-order valence-electron chi connectivity index (χ0n) is 14.5. The van der Waals surface area contributed by atoms with Crippen LogP contribution in [0.25, 0.3) is 0 Å². The first-order chi connectivity index (χ1) is 12.6. The molecular formula is C18H22N2O6. The molecule has 0 heterocycles. The van der Waals surface area contributed by atoms with E-state index in [2.05, 4.69) is 9.98 Å². The summed E-state index contributed by atoms with van der Waals surface area (Å²) in [6.07, 6.45) is 9.47. The molecule has 140 valence electrons. The van der Waals surface area contributed by atoms with Gasteiger partial charge in [0, 0.05) is 12.2 Å². The van der Waals surface area contributed by atoms with E-state index in [-0.39, 0.29) is 24.0 Å². The minimum Gasteiger partial charge on any atom is -0.459 e. The van der Waals surface area contributed by atoms with E-state index in [0.717, 1.165) is 37.8 Å². The molecule has 4 unspecified atom stereocenters. The number of rotatable bonds is 10. The van der Waals surface area contributed by atoms with E-state index >= 15 is 0 Å². The van der Waals surface area contributed by atoms with Crippen molar-refractivity contribution in [2.75, 3.05) is 13.1 Å². The van der Waals surface area contributed by atoms with Gasteiger partial charge in [0.1, 0.15) is 12.2 Å². The summed E-state index contributed by atoms with van der Waals surface area (Å²) in [5.74, 6) is -0.774. The number of carbonyl (C=O) groups is 2. The number of ether oxygens (including phenoxy) is 2. The van der Waals surface area contributed by atoms with Crippen LogP contribution in [0.1, 0.15) is 38.5 Å². The first-order valence-corrected chi connectivity index (χ1v) is 8.80. The predicted molar refractivity (Wildman–Crippen MR) is 89.6 cm³/mol. The number of hydrogen-bond donors (Lipinski definition) is 0. The maximum absolute atomic E-state index is 11.8. The lowest BCUT2D eigenvalue weighted by atomic mass is 9.79. The molecule has 2 fully saturated rings. The normalized spacial score (nSPS) is 26.6. The zero-order valence-corrected chi connectivity index (χ0v) is 14.5. The summed E-state index contributed by atoms with van der Waals surface area (Å²) in [5, 5.41) is 0. The fourth-order valence-electron chi connectivity index (χ4n) is 3.11. The molecule has 2 rings (SSSR count). The third kappa shape index (κ3) is 6.06. The molecule has 0 aromatic carbocycles. The van der Waals surface area contributed by atoms with Crippen LogP contribution in [0, 0.1) is 11.8 Å². The molecule has 26 heavy (non-hydrogen) atoms. The molecule has 4 atom stereocenters. The van der Waals surface area contributed by atoms with E-state index in [1.54, 1.807) is 0 Å². The summed E-state index contributed by atoms with van der Waals surface area (Å²) in [6.45, 7) is 0.760. The zero-order chi connectivity index (χ0) is 18.8. The van der Waals surface area contributed by atoms with Crippen molar-refractivity contribution < 1.29 is 28.7 Å². The lowest BCUT2D eigenvalue weighted by Gasteiger charge is -2.35. The third-order valence-corrected chi connectivity index (χ3v) is 4.94. The second-order valence-electron chi connectivity index (χ2n) is 6.48. The van der Waals surface area contributed by atoms with Crippen LogP contribution in [0.2, 0.25) is 0 Å². The average molecular weight is 362 g/mol. The Morgan fingerprint density at radius 1 is 0.808 bits per heavy atom. The fraction of sp³-hybridized carbons (Fsp3) is 0.667. The van der Waals surface area contributed by atoms with E-state index in [1.165, 1.54) is 12.2 Å². The van der Waals surface area contributed by atoms with Crippen LogP contribution in [-0.4, -0.2) is 49.4 Å². The highest BCUT2D eigenvalue weighted by atomic mass is 16.6. The summed E-state index contributed by atoms with van der Waals surface area (Å²) >= 11 is 0. The number of nitrogens with zero attached hydrogens (tertiary/aromatic N) is 2. The van der Waals surface area contributed by atoms with E-state index in [9.17, 15) is 19.2 Å². The number of isocyanates is 2. The van der Waals surface area contributed by atoms with Gasteiger partial charge in [-0.2, -0.15) is 0 Å². The van der Waals surface area contributed by atoms with Crippen LogP contribution in [0.4, 0.5) is 0 Å². The van der Waals surface area contributed by atoms with Crippen molar-refractivity contribution in [2.24, 2.45) is 21.8 Å². The van der Waals surface area contributed by atoms with Gasteiger partial charge in [-0.3, -0.25) is 0 Å². The van der Waals surface area contributed by atoms with Crippen molar-refractivity contribution in [1.29, 1.82) is 0 Å². The minimum absolute atomic E-state index is 0.195. The molecule has 0 radical (unpaired) electrons. The Labute approximate surface area is 151 Å². The van der Waals surface area contributed by atoms with E-state index in [0.29, 0.717) is 25.9 Å². The van der Waals surface area contributed by atoms with Crippen LogP contribution in [0.5, 0.6) is 0 Å². The second-order valence-corrected chi connectivity index (χ2v) is 6.48. The molecule has 0 aromatic rings. The Balaban J connectivity index is 1.66. The Hall–Kier alpha value is -2.56. The third-order valence-electron chi connectivity index (χ3n) is 4.94. The van der Waals surface area contributed by atoms with Gasteiger partial charge in [0.15, 0.2) is 0 Å². The maximum Gasteiger partial charge on any atom is 0.331 e. The standard InChI is InChI=1S/C18H22N2O6/c21-11-19-9-7-13-1-3-15(13)25-17(23)5-6-18(24)26-16-4-2-14(16)8-10-20-12-22/h5-6,13-16H,1-4,7-10H2/b6-5+. The van der Waals surface area contributed by atoms with Gasteiger partial charge in [0.25, 0.3) is 0 Å². The summed E-state index contributed by atoms with van der Waals surface area (Å²) in [6, 6.07) is 0. The predicted octanol–water partition coefficient (Wildman–Crippen LogP) is 1.64. The molecule has 0 N–H and O–H groups in total. The lowest BCUT2D eigenvalue weighted by Crippen LogP contribution is -2.36. The lowest BCUT2D eigenvalue weighted by molar-refractivity contribution is -0.154. The maximum atomic E-state index is 11.8. The van der Waals surface area contributed by atoms with Gasteiger partial charge in [0.2, 0.25) is 12.2 Å². The van der Waals surface area contributed by atoms with Gasteiger partial charge >= 0.3 is 11.9 Å². The summed E-state index contributed by atoms with van der Waals surface area (Å²) < 4.78 is 10.6. The average Bonchev–Trinajstić information content (AvgIpc) is 2.61. The van der Waals surface area contributed by atoms with Gasteiger partial charge in [0.05, 0.1) is 13.1 Å². The van der Waals surface area contributed by atoms with Crippen molar-refractivity contribution in [3.8, 4) is 0 Å². The minimum atomic E-state index is -0.582. The van der Waals surface area contributed by atoms with Crippen LogP contribution in [-0.2, 0) is 28.7 Å². The number of esters is 2. The molecule has 8 nitrogen and oxygen atoms in total. The SMILES string of the molecule is O=C=NCCC1CCC1OC(=O)/C=C/C(=O)OC1CCC1CCN=C=O. The number of carbonyl (C=O) groups excluding carboxylic acids is 4. The van der Waals surface area contributed by atoms with Crippen molar-refractivity contribution >= 4 is 24.1 Å². The highest BCUT2D eigenvalue weighted by Gasteiger charge is 2.34. The second kappa shape index (κ2) is 10.4. The summed E-state index contributed by atoms with van der Waals surface area (Å²) in [5.41, 5.74) is 0. The Morgan fingerprint density at radius 2 is 1.23 bits per heavy atom. The van der Waals surface area contributed by atoms with Crippen molar-refractivity contribution in [3.05, 3.63) is 12.2 Å². The van der Waals surface area contributed by atoms with E-state index in [4.69, 9.17) is 9.47 Å². The van der Waals surface area contributed by atoms with Gasteiger partial charge in [-0.25, -0.2) is 29.2 Å². The molecule has 2 aliphatic carbocycles. The Morgan fingerprint density at radius 3 is 1.54 bits per heavy atom. The molecular weight excluding hydrogens is 340 g/mol. The fourth-order valence-corrected chi connectivity index (χ4v) is 3.11. The molecule has 0 aliphatic heterocycles. The molecule has 0 spiro atoms. The van der Waals surface area contributed by atoms with Gasteiger partial charge in [-0.05, 0) is 50.4 Å². The number of hydrogen-bond acceptors (Lipinski definition) is 8. The van der Waals surface area contributed by atoms with E-state index < -0.39 is 11.9 Å². The quantitative estimate of drug-likeness (QED) is 0.253. The van der Waals surface area contributed by atoms with Gasteiger partial charge < -0.3 is 9.47 Å². The van der Waals surface area contributed by atoms with Crippen molar-refractivity contribution in [3.63, 3.8) is 0 Å². The molecule has 8 heteroatoms. The smallest absolute Gasteiger partial charge is 0.331 e. The van der Waals surface area contributed by atoms with Crippen molar-refractivity contribution in [2.45, 2.75) is 50.7 Å². The number of aliphatic imine (C=N–C) groups is 2.